The lowest BCUT2D eigenvalue weighted by Gasteiger charge is -2.01. The number of carboxylic acids is 1. The van der Waals surface area contributed by atoms with Crippen LogP contribution in [0.2, 0.25) is 0 Å². The first kappa shape index (κ1) is 13.3. The van der Waals surface area contributed by atoms with Crippen LogP contribution in [0, 0.1) is 0 Å². The van der Waals surface area contributed by atoms with Gasteiger partial charge in [-0.2, -0.15) is 0 Å². The summed E-state index contributed by atoms with van der Waals surface area (Å²) in [5.74, 6) is -0.502. The molecule has 2 aromatic rings. The standard InChI is InChI=1S/C9H12N6O3S/c1-2-15-8(18)11-12-9(15)19-4-3-14-5-6(7(16)17)10-13-14/h5H,2-4H2,1H3,(H,11,18)(H,16,17). The Kier molecular flexibility index (Phi) is 4.00. The van der Waals surface area contributed by atoms with Crippen molar-refractivity contribution in [3.05, 3.63) is 22.4 Å². The van der Waals surface area contributed by atoms with Gasteiger partial charge in [-0.05, 0) is 6.92 Å². The average Bonchev–Trinajstić information content (AvgIpc) is 2.97. The third-order valence-corrected chi connectivity index (χ3v) is 3.31. The van der Waals surface area contributed by atoms with Crippen LogP contribution in [0.15, 0.2) is 16.1 Å². The summed E-state index contributed by atoms with van der Waals surface area (Å²) in [6, 6.07) is 0. The van der Waals surface area contributed by atoms with Gasteiger partial charge < -0.3 is 5.11 Å². The van der Waals surface area contributed by atoms with Gasteiger partial charge in [0.15, 0.2) is 10.9 Å². The minimum absolute atomic E-state index is 0.0877. The molecule has 2 N–H and O–H groups in total. The zero-order valence-electron chi connectivity index (χ0n) is 10.1. The molecule has 102 valence electrons. The molecular weight excluding hydrogens is 272 g/mol. The molecule has 2 rings (SSSR count). The third-order valence-electron chi connectivity index (χ3n) is 2.35. The molecule has 0 radical (unpaired) electrons. The van der Waals surface area contributed by atoms with Crippen LogP contribution in [0.4, 0.5) is 0 Å². The number of carbonyl (C=O) groups is 1. The van der Waals surface area contributed by atoms with E-state index in [1.165, 1.54) is 27.2 Å². The largest absolute Gasteiger partial charge is 0.476 e. The maximum absolute atomic E-state index is 11.3. The van der Waals surface area contributed by atoms with Gasteiger partial charge in [0.05, 0.1) is 12.7 Å². The molecule has 0 aromatic carbocycles. The van der Waals surface area contributed by atoms with E-state index in [1.807, 2.05) is 6.92 Å². The second-order valence-corrected chi connectivity index (χ2v) is 4.64. The molecule has 19 heavy (non-hydrogen) atoms. The molecule has 0 spiro atoms. The van der Waals surface area contributed by atoms with Gasteiger partial charge in [-0.3, -0.25) is 9.25 Å². The van der Waals surface area contributed by atoms with Gasteiger partial charge in [-0.15, -0.1) is 10.2 Å². The highest BCUT2D eigenvalue weighted by Gasteiger charge is 2.09. The number of nitrogens with one attached hydrogen (secondary N) is 1. The number of hydrogen-bond donors (Lipinski definition) is 2. The molecule has 0 bridgehead atoms. The van der Waals surface area contributed by atoms with E-state index in [9.17, 15) is 9.59 Å². The third kappa shape index (κ3) is 3.02. The van der Waals surface area contributed by atoms with Crippen molar-refractivity contribution in [1.29, 1.82) is 0 Å². The molecule has 0 fully saturated rings. The Hall–Kier alpha value is -2.10. The molecule has 0 saturated carbocycles. The van der Waals surface area contributed by atoms with E-state index in [2.05, 4.69) is 20.5 Å². The summed E-state index contributed by atoms with van der Waals surface area (Å²) in [5.41, 5.74) is -0.325. The lowest BCUT2D eigenvalue weighted by Crippen LogP contribution is -2.16. The van der Waals surface area contributed by atoms with Crippen LogP contribution < -0.4 is 5.69 Å². The highest BCUT2D eigenvalue weighted by molar-refractivity contribution is 7.99. The number of aryl methyl sites for hydroxylation is 1. The molecule has 9 nitrogen and oxygen atoms in total. The van der Waals surface area contributed by atoms with Crippen molar-refractivity contribution in [2.45, 2.75) is 25.2 Å². The Morgan fingerprint density at radius 2 is 2.37 bits per heavy atom. The average molecular weight is 284 g/mol. The number of hydrogen-bond acceptors (Lipinski definition) is 6. The molecule has 10 heteroatoms. The number of nitrogens with zero attached hydrogens (tertiary/aromatic N) is 5. The zero-order valence-corrected chi connectivity index (χ0v) is 10.9. The number of aromatic nitrogens is 6. The van der Waals surface area contributed by atoms with Crippen LogP contribution in [0.25, 0.3) is 0 Å². The van der Waals surface area contributed by atoms with E-state index in [1.54, 1.807) is 0 Å². The first-order valence-electron chi connectivity index (χ1n) is 5.53. The molecule has 0 amide bonds. The lowest BCUT2D eigenvalue weighted by atomic mass is 10.5. The molecule has 2 heterocycles. The minimum Gasteiger partial charge on any atom is -0.476 e. The number of aromatic amines is 1. The van der Waals surface area contributed by atoms with Crippen molar-refractivity contribution in [1.82, 2.24) is 29.8 Å². The van der Waals surface area contributed by atoms with Crippen molar-refractivity contribution in [3.8, 4) is 0 Å². The Bertz CT molecular complexity index is 630. The van der Waals surface area contributed by atoms with Crippen LogP contribution in [-0.2, 0) is 13.1 Å². The number of carboxylic acid groups (broad SMARTS) is 1. The van der Waals surface area contributed by atoms with E-state index in [-0.39, 0.29) is 11.4 Å². The van der Waals surface area contributed by atoms with Gasteiger partial charge in [-0.25, -0.2) is 14.7 Å². The molecule has 0 aliphatic heterocycles. The minimum atomic E-state index is -1.11. The smallest absolute Gasteiger partial charge is 0.358 e. The van der Waals surface area contributed by atoms with Crippen molar-refractivity contribution in [3.63, 3.8) is 0 Å². The van der Waals surface area contributed by atoms with Gasteiger partial charge in [-0.1, -0.05) is 17.0 Å². The van der Waals surface area contributed by atoms with Crippen LogP contribution in [0.3, 0.4) is 0 Å². The van der Waals surface area contributed by atoms with E-state index in [4.69, 9.17) is 5.11 Å². The van der Waals surface area contributed by atoms with E-state index in [0.29, 0.717) is 24.0 Å². The quantitative estimate of drug-likeness (QED) is 0.697. The second-order valence-electron chi connectivity index (χ2n) is 3.58. The van der Waals surface area contributed by atoms with Crippen LogP contribution in [0.5, 0.6) is 0 Å². The Labute approximate surface area is 111 Å². The predicted molar refractivity (Wildman–Crippen MR) is 66.2 cm³/mol. The fourth-order valence-corrected chi connectivity index (χ4v) is 2.37. The maximum Gasteiger partial charge on any atom is 0.358 e. The fourth-order valence-electron chi connectivity index (χ4n) is 1.43. The molecule has 2 aromatic heterocycles. The van der Waals surface area contributed by atoms with E-state index >= 15 is 0 Å². The molecule has 0 aliphatic carbocycles. The Morgan fingerprint density at radius 3 is 3.00 bits per heavy atom. The van der Waals surface area contributed by atoms with E-state index in [0.717, 1.165) is 0 Å². The number of H-pyrrole nitrogens is 1. The van der Waals surface area contributed by atoms with Gasteiger partial charge in [0.25, 0.3) is 0 Å². The molecule has 0 aliphatic rings. The first-order chi connectivity index (χ1) is 9.11. The predicted octanol–water partition coefficient (Wildman–Crippen LogP) is -0.327. The fraction of sp³-hybridized carbons (Fsp3) is 0.444. The Balaban J connectivity index is 1.92. The van der Waals surface area contributed by atoms with E-state index < -0.39 is 5.97 Å². The first-order valence-corrected chi connectivity index (χ1v) is 6.51. The maximum atomic E-state index is 11.3. The van der Waals surface area contributed by atoms with Crippen molar-refractivity contribution >= 4 is 17.7 Å². The van der Waals surface area contributed by atoms with Crippen molar-refractivity contribution in [2.24, 2.45) is 0 Å². The van der Waals surface area contributed by atoms with Crippen molar-refractivity contribution < 1.29 is 9.90 Å². The molecule has 0 saturated heterocycles. The van der Waals surface area contributed by atoms with Crippen LogP contribution >= 0.6 is 11.8 Å². The molecular formula is C9H12N6O3S. The topological polar surface area (TPSA) is 119 Å². The normalized spacial score (nSPS) is 10.8. The number of aromatic carboxylic acids is 1. The second kappa shape index (κ2) is 5.69. The Morgan fingerprint density at radius 1 is 1.58 bits per heavy atom. The zero-order chi connectivity index (χ0) is 13.8. The monoisotopic (exact) mass is 284 g/mol. The molecule has 0 unspecified atom stereocenters. The number of thioether (sulfide) groups is 1. The highest BCUT2D eigenvalue weighted by atomic mass is 32.2. The van der Waals surface area contributed by atoms with Crippen molar-refractivity contribution in [2.75, 3.05) is 5.75 Å². The highest BCUT2D eigenvalue weighted by Crippen LogP contribution is 2.13. The number of rotatable bonds is 6. The summed E-state index contributed by atoms with van der Waals surface area (Å²) in [6.45, 7) is 2.89. The summed E-state index contributed by atoms with van der Waals surface area (Å²) in [5, 5.41) is 22.8. The van der Waals surface area contributed by atoms with Gasteiger partial charge in [0, 0.05) is 12.3 Å². The van der Waals surface area contributed by atoms with Crippen LogP contribution in [-0.4, -0.2) is 46.6 Å². The summed E-state index contributed by atoms with van der Waals surface area (Å²) < 4.78 is 2.96. The summed E-state index contributed by atoms with van der Waals surface area (Å²) in [4.78, 5) is 21.9. The van der Waals surface area contributed by atoms with Crippen LogP contribution in [0.1, 0.15) is 17.4 Å². The lowest BCUT2D eigenvalue weighted by molar-refractivity contribution is 0.0690. The summed E-state index contributed by atoms with van der Waals surface area (Å²) >= 11 is 1.39. The van der Waals surface area contributed by atoms with Gasteiger partial charge >= 0.3 is 11.7 Å². The summed E-state index contributed by atoms with van der Waals surface area (Å²) in [7, 11) is 0. The van der Waals surface area contributed by atoms with Gasteiger partial charge in [0.1, 0.15) is 0 Å². The van der Waals surface area contributed by atoms with Gasteiger partial charge in [0.2, 0.25) is 0 Å². The molecule has 0 atom stereocenters. The SMILES string of the molecule is CCn1c(SCCn2cc(C(=O)O)nn2)n[nH]c1=O. The summed E-state index contributed by atoms with van der Waals surface area (Å²) in [6.07, 6.45) is 1.36.